The highest BCUT2D eigenvalue weighted by Gasteiger charge is 2.11. The highest BCUT2D eigenvalue weighted by Crippen LogP contribution is 2.14. The van der Waals surface area contributed by atoms with Crippen LogP contribution in [0.3, 0.4) is 0 Å². The molecule has 6 nitrogen and oxygen atoms in total. The van der Waals surface area contributed by atoms with E-state index in [1.54, 1.807) is 12.3 Å². The van der Waals surface area contributed by atoms with Crippen molar-refractivity contribution < 1.29 is 9.53 Å². The monoisotopic (exact) mass is 308 g/mol. The summed E-state index contributed by atoms with van der Waals surface area (Å²) in [7, 11) is 0. The molecule has 0 fully saturated rings. The fourth-order valence-corrected chi connectivity index (χ4v) is 2.16. The number of aromatic nitrogens is 3. The van der Waals surface area contributed by atoms with Gasteiger partial charge in [0.15, 0.2) is 0 Å². The molecule has 116 valence electrons. The van der Waals surface area contributed by atoms with Gasteiger partial charge in [-0.1, -0.05) is 18.2 Å². The van der Waals surface area contributed by atoms with Crippen molar-refractivity contribution in [2.45, 2.75) is 13.5 Å². The van der Waals surface area contributed by atoms with Gasteiger partial charge >= 0.3 is 0 Å². The Morgan fingerprint density at radius 1 is 1.13 bits per heavy atom. The van der Waals surface area contributed by atoms with Crippen LogP contribution in [0.5, 0.6) is 5.88 Å². The Bertz CT molecular complexity index is 835. The van der Waals surface area contributed by atoms with Crippen molar-refractivity contribution in [3.63, 3.8) is 0 Å². The van der Waals surface area contributed by atoms with Crippen LogP contribution in [0.4, 0.5) is 0 Å². The number of para-hydroxylation sites is 2. The van der Waals surface area contributed by atoms with Crippen LogP contribution >= 0.6 is 0 Å². The third kappa shape index (κ3) is 3.42. The molecule has 0 spiro atoms. The SMILES string of the molecule is CCOc1ncccc1CNC(=O)c1cnc2ccccc2n1. The summed E-state index contributed by atoms with van der Waals surface area (Å²) in [5.41, 5.74) is 2.55. The molecule has 0 aliphatic heterocycles. The van der Waals surface area contributed by atoms with Crippen molar-refractivity contribution in [2.75, 3.05) is 6.61 Å². The Kier molecular flexibility index (Phi) is 4.42. The van der Waals surface area contributed by atoms with E-state index in [4.69, 9.17) is 4.74 Å². The highest BCUT2D eigenvalue weighted by molar-refractivity contribution is 5.93. The summed E-state index contributed by atoms with van der Waals surface area (Å²) in [6.07, 6.45) is 3.13. The van der Waals surface area contributed by atoms with E-state index in [9.17, 15) is 4.79 Å². The van der Waals surface area contributed by atoms with Crippen LogP contribution in [0, 0.1) is 0 Å². The average Bonchev–Trinajstić information content (AvgIpc) is 2.60. The molecule has 0 aliphatic carbocycles. The standard InChI is InChI=1S/C17H16N4O2/c1-2-23-17-12(6-5-9-18-17)10-20-16(22)15-11-19-13-7-3-4-8-14(13)21-15/h3-9,11H,2,10H2,1H3,(H,20,22). The lowest BCUT2D eigenvalue weighted by Crippen LogP contribution is -2.24. The number of amides is 1. The van der Waals surface area contributed by atoms with Crippen LogP contribution in [0.25, 0.3) is 11.0 Å². The molecule has 0 unspecified atom stereocenters. The smallest absolute Gasteiger partial charge is 0.271 e. The van der Waals surface area contributed by atoms with Crippen molar-refractivity contribution in [3.8, 4) is 5.88 Å². The first-order valence-electron chi connectivity index (χ1n) is 7.34. The summed E-state index contributed by atoms with van der Waals surface area (Å²) in [5.74, 6) is 0.245. The predicted octanol–water partition coefficient (Wildman–Crippen LogP) is 2.35. The van der Waals surface area contributed by atoms with Crippen LogP contribution in [0.15, 0.2) is 48.8 Å². The first-order valence-corrected chi connectivity index (χ1v) is 7.34. The molecule has 0 saturated heterocycles. The number of hydrogen-bond donors (Lipinski definition) is 1. The van der Waals surface area contributed by atoms with E-state index in [1.807, 2.05) is 37.3 Å². The third-order valence-corrected chi connectivity index (χ3v) is 3.25. The normalized spacial score (nSPS) is 10.5. The van der Waals surface area contributed by atoms with Crippen molar-refractivity contribution in [3.05, 3.63) is 60.0 Å². The first kappa shape index (κ1) is 14.9. The molecule has 2 aromatic heterocycles. The summed E-state index contributed by atoms with van der Waals surface area (Å²) in [4.78, 5) is 25.0. The van der Waals surface area contributed by atoms with Crippen molar-refractivity contribution in [1.29, 1.82) is 0 Å². The lowest BCUT2D eigenvalue weighted by Gasteiger charge is -2.09. The van der Waals surface area contributed by atoms with Gasteiger partial charge in [-0.2, -0.15) is 0 Å². The number of pyridine rings is 1. The number of fused-ring (bicyclic) bond motifs is 1. The van der Waals surface area contributed by atoms with E-state index in [1.165, 1.54) is 6.20 Å². The zero-order valence-electron chi connectivity index (χ0n) is 12.7. The van der Waals surface area contributed by atoms with Gasteiger partial charge in [0.2, 0.25) is 5.88 Å². The van der Waals surface area contributed by atoms with Crippen LogP contribution in [-0.4, -0.2) is 27.5 Å². The van der Waals surface area contributed by atoms with Crippen LogP contribution in [-0.2, 0) is 6.54 Å². The summed E-state index contributed by atoms with van der Waals surface area (Å²) in [6.45, 7) is 2.73. The molecule has 0 aliphatic rings. The molecule has 0 atom stereocenters. The molecule has 23 heavy (non-hydrogen) atoms. The first-order chi connectivity index (χ1) is 11.3. The predicted molar refractivity (Wildman–Crippen MR) is 86.1 cm³/mol. The van der Waals surface area contributed by atoms with Gasteiger partial charge in [-0.3, -0.25) is 9.78 Å². The molecule has 1 aromatic carbocycles. The molecule has 0 saturated carbocycles. The molecule has 3 aromatic rings. The maximum Gasteiger partial charge on any atom is 0.271 e. The Balaban J connectivity index is 1.73. The van der Waals surface area contributed by atoms with E-state index in [0.29, 0.717) is 24.5 Å². The lowest BCUT2D eigenvalue weighted by atomic mass is 10.2. The van der Waals surface area contributed by atoms with E-state index in [0.717, 1.165) is 11.1 Å². The average molecular weight is 308 g/mol. The summed E-state index contributed by atoms with van der Waals surface area (Å²) >= 11 is 0. The minimum absolute atomic E-state index is 0.283. The third-order valence-electron chi connectivity index (χ3n) is 3.25. The van der Waals surface area contributed by atoms with Crippen molar-refractivity contribution in [2.24, 2.45) is 0 Å². The maximum absolute atomic E-state index is 12.3. The van der Waals surface area contributed by atoms with Crippen LogP contribution in [0.1, 0.15) is 23.0 Å². The molecule has 3 rings (SSSR count). The zero-order valence-corrected chi connectivity index (χ0v) is 12.7. The minimum Gasteiger partial charge on any atom is -0.478 e. The summed E-state index contributed by atoms with van der Waals surface area (Å²) in [6, 6.07) is 11.1. The Morgan fingerprint density at radius 2 is 1.96 bits per heavy atom. The quantitative estimate of drug-likeness (QED) is 0.783. The number of benzene rings is 1. The number of nitrogens with zero attached hydrogens (tertiary/aromatic N) is 3. The topological polar surface area (TPSA) is 77.0 Å². The molecular formula is C17H16N4O2. The van der Waals surface area contributed by atoms with Gasteiger partial charge in [0, 0.05) is 18.3 Å². The second kappa shape index (κ2) is 6.83. The number of carbonyl (C=O) groups is 1. The number of rotatable bonds is 5. The van der Waals surface area contributed by atoms with E-state index >= 15 is 0 Å². The Morgan fingerprint density at radius 3 is 2.78 bits per heavy atom. The van der Waals surface area contributed by atoms with Crippen molar-refractivity contribution >= 4 is 16.9 Å². The van der Waals surface area contributed by atoms with Gasteiger partial charge in [-0.05, 0) is 25.1 Å². The second-order valence-electron chi connectivity index (χ2n) is 4.83. The Hall–Kier alpha value is -3.02. The van der Waals surface area contributed by atoms with Crippen LogP contribution < -0.4 is 10.1 Å². The fourth-order valence-electron chi connectivity index (χ4n) is 2.16. The fraction of sp³-hybridized carbons (Fsp3) is 0.176. The van der Waals surface area contributed by atoms with E-state index in [2.05, 4.69) is 20.3 Å². The van der Waals surface area contributed by atoms with E-state index in [-0.39, 0.29) is 11.6 Å². The molecule has 0 radical (unpaired) electrons. The molecule has 1 amide bonds. The van der Waals surface area contributed by atoms with Gasteiger partial charge in [0.1, 0.15) is 5.69 Å². The molecule has 1 N–H and O–H groups in total. The van der Waals surface area contributed by atoms with Crippen molar-refractivity contribution in [1.82, 2.24) is 20.3 Å². The summed E-state index contributed by atoms with van der Waals surface area (Å²) in [5, 5.41) is 2.82. The second-order valence-corrected chi connectivity index (χ2v) is 4.83. The number of ether oxygens (including phenoxy) is 1. The summed E-state index contributed by atoms with van der Waals surface area (Å²) < 4.78 is 5.44. The maximum atomic E-state index is 12.3. The Labute approximate surface area is 133 Å². The van der Waals surface area contributed by atoms with Gasteiger partial charge in [-0.15, -0.1) is 0 Å². The lowest BCUT2D eigenvalue weighted by molar-refractivity contribution is 0.0945. The number of nitrogens with one attached hydrogen (secondary N) is 1. The van der Waals surface area contributed by atoms with Gasteiger partial charge < -0.3 is 10.1 Å². The van der Waals surface area contributed by atoms with E-state index < -0.39 is 0 Å². The van der Waals surface area contributed by atoms with Gasteiger partial charge in [0.05, 0.1) is 23.8 Å². The largest absolute Gasteiger partial charge is 0.478 e. The zero-order chi connectivity index (χ0) is 16.1. The van der Waals surface area contributed by atoms with Gasteiger partial charge in [0.25, 0.3) is 5.91 Å². The minimum atomic E-state index is -0.283. The number of carbonyl (C=O) groups excluding carboxylic acids is 1. The number of hydrogen-bond acceptors (Lipinski definition) is 5. The molecule has 0 bridgehead atoms. The molecular weight excluding hydrogens is 292 g/mol. The van der Waals surface area contributed by atoms with Gasteiger partial charge in [-0.25, -0.2) is 9.97 Å². The van der Waals surface area contributed by atoms with Crippen LogP contribution in [0.2, 0.25) is 0 Å². The highest BCUT2D eigenvalue weighted by atomic mass is 16.5. The molecule has 6 heteroatoms. The molecule has 2 heterocycles.